The summed E-state index contributed by atoms with van der Waals surface area (Å²) in [6.07, 6.45) is 5.22. The minimum atomic E-state index is 0.923. The number of hydrogen-bond donors (Lipinski definition) is 0. The lowest BCUT2D eigenvalue weighted by Crippen LogP contribution is -1.80. The van der Waals surface area contributed by atoms with Crippen LogP contribution in [0.15, 0.2) is 24.6 Å². The summed E-state index contributed by atoms with van der Waals surface area (Å²) in [6, 6.07) is 3.96. The van der Waals surface area contributed by atoms with Gasteiger partial charge in [0.15, 0.2) is 0 Å². The van der Waals surface area contributed by atoms with Crippen molar-refractivity contribution in [3.05, 3.63) is 35.8 Å². The number of aryl methyl sites for hydroxylation is 1. The van der Waals surface area contributed by atoms with Crippen LogP contribution >= 0.6 is 0 Å². The first kappa shape index (κ1) is 7.79. The van der Waals surface area contributed by atoms with Gasteiger partial charge in [0.2, 0.25) is 0 Å². The van der Waals surface area contributed by atoms with Crippen molar-refractivity contribution >= 4 is 6.08 Å². The number of aromatic nitrogens is 1. The van der Waals surface area contributed by atoms with E-state index in [1.54, 1.807) is 19.6 Å². The van der Waals surface area contributed by atoms with Crippen LogP contribution in [0.25, 0.3) is 6.08 Å². The van der Waals surface area contributed by atoms with Crippen LogP contribution in [0.3, 0.4) is 0 Å². The van der Waals surface area contributed by atoms with Crippen LogP contribution in [0, 0.1) is 6.92 Å². The van der Waals surface area contributed by atoms with Crippen LogP contribution in [0.2, 0.25) is 0 Å². The number of methoxy groups -OCH3 is 1. The van der Waals surface area contributed by atoms with Crippen molar-refractivity contribution in [2.45, 2.75) is 6.92 Å². The zero-order valence-corrected chi connectivity index (χ0v) is 6.74. The Morgan fingerprint density at radius 2 is 2.36 bits per heavy atom. The normalized spacial score (nSPS) is 10.4. The molecule has 0 aliphatic rings. The average Bonchev–Trinajstić information content (AvgIpc) is 2.01. The fourth-order valence-corrected chi connectivity index (χ4v) is 0.788. The molecule has 0 N–H and O–H groups in total. The maximum absolute atomic E-state index is 4.77. The van der Waals surface area contributed by atoms with Crippen LogP contribution < -0.4 is 0 Å². The summed E-state index contributed by atoms with van der Waals surface area (Å²) in [5.41, 5.74) is 2.13. The number of nitrogens with zero attached hydrogens (tertiary/aromatic N) is 1. The summed E-state index contributed by atoms with van der Waals surface area (Å²) in [7, 11) is 1.62. The predicted octanol–water partition coefficient (Wildman–Crippen LogP) is 2.01. The van der Waals surface area contributed by atoms with Crippen molar-refractivity contribution < 1.29 is 4.74 Å². The van der Waals surface area contributed by atoms with Gasteiger partial charge in [0.1, 0.15) is 0 Å². The van der Waals surface area contributed by atoms with E-state index < -0.39 is 0 Å². The second kappa shape index (κ2) is 3.76. The Morgan fingerprint density at radius 1 is 1.55 bits per heavy atom. The third-order valence-corrected chi connectivity index (χ3v) is 1.31. The summed E-state index contributed by atoms with van der Waals surface area (Å²) in [5, 5.41) is 0. The van der Waals surface area contributed by atoms with Gasteiger partial charge in [-0.25, -0.2) is 0 Å². The van der Waals surface area contributed by atoms with E-state index in [1.807, 2.05) is 25.1 Å². The van der Waals surface area contributed by atoms with Crippen LogP contribution in [0.4, 0.5) is 0 Å². The van der Waals surface area contributed by atoms with Crippen molar-refractivity contribution in [2.75, 3.05) is 7.11 Å². The lowest BCUT2D eigenvalue weighted by atomic mass is 10.2. The Bertz CT molecular complexity index is 255. The van der Waals surface area contributed by atoms with Crippen LogP contribution in [-0.2, 0) is 4.74 Å². The van der Waals surface area contributed by atoms with E-state index in [9.17, 15) is 0 Å². The molecule has 0 unspecified atom stereocenters. The zero-order valence-electron chi connectivity index (χ0n) is 6.74. The van der Waals surface area contributed by atoms with Gasteiger partial charge in [0.25, 0.3) is 0 Å². The average molecular weight is 149 g/mol. The highest BCUT2D eigenvalue weighted by Crippen LogP contribution is 2.01. The Balaban J connectivity index is 2.79. The molecule has 11 heavy (non-hydrogen) atoms. The molecule has 0 bridgehead atoms. The van der Waals surface area contributed by atoms with Gasteiger partial charge in [0.05, 0.1) is 19.1 Å². The van der Waals surface area contributed by atoms with E-state index in [2.05, 4.69) is 4.98 Å². The molecule has 0 radical (unpaired) electrons. The van der Waals surface area contributed by atoms with E-state index in [0.717, 1.165) is 5.69 Å². The Morgan fingerprint density at radius 3 is 3.00 bits per heavy atom. The lowest BCUT2D eigenvalue weighted by molar-refractivity contribution is 0.341. The quantitative estimate of drug-likeness (QED) is 0.600. The molecule has 1 aromatic rings. The van der Waals surface area contributed by atoms with Crippen molar-refractivity contribution in [3.63, 3.8) is 0 Å². The first-order valence-corrected chi connectivity index (χ1v) is 3.45. The van der Waals surface area contributed by atoms with Gasteiger partial charge in [-0.15, -0.1) is 0 Å². The highest BCUT2D eigenvalue weighted by atomic mass is 16.5. The summed E-state index contributed by atoms with van der Waals surface area (Å²) >= 11 is 0. The molecule has 0 fully saturated rings. The molecule has 1 aromatic heterocycles. The molecule has 0 saturated carbocycles. The fraction of sp³-hybridized carbons (Fsp3) is 0.222. The minimum Gasteiger partial charge on any atom is -0.504 e. The third kappa shape index (κ3) is 2.42. The van der Waals surface area contributed by atoms with Crippen LogP contribution in [-0.4, -0.2) is 12.1 Å². The van der Waals surface area contributed by atoms with Gasteiger partial charge in [-0.1, -0.05) is 0 Å². The summed E-state index contributed by atoms with van der Waals surface area (Å²) in [6.45, 7) is 2.03. The SMILES string of the molecule is CO/C=C/c1cc(C)ccn1. The fourth-order valence-electron chi connectivity index (χ4n) is 0.788. The number of rotatable bonds is 2. The molecule has 0 aliphatic heterocycles. The molecule has 1 rings (SSSR count). The second-order valence-electron chi connectivity index (χ2n) is 2.30. The topological polar surface area (TPSA) is 22.1 Å². The molecule has 0 aliphatic carbocycles. The molecular formula is C9H11NO. The third-order valence-electron chi connectivity index (χ3n) is 1.31. The molecule has 0 atom stereocenters. The number of pyridine rings is 1. The Labute approximate surface area is 66.5 Å². The van der Waals surface area contributed by atoms with Crippen LogP contribution in [0.5, 0.6) is 0 Å². The smallest absolute Gasteiger partial charge is 0.0846 e. The highest BCUT2D eigenvalue weighted by Gasteiger charge is 1.86. The van der Waals surface area contributed by atoms with Crippen molar-refractivity contribution in [1.29, 1.82) is 0 Å². The van der Waals surface area contributed by atoms with Crippen molar-refractivity contribution in [3.8, 4) is 0 Å². The number of hydrogen-bond acceptors (Lipinski definition) is 2. The van der Waals surface area contributed by atoms with E-state index in [-0.39, 0.29) is 0 Å². The molecule has 0 amide bonds. The summed E-state index contributed by atoms with van der Waals surface area (Å²) in [5.74, 6) is 0. The molecule has 2 heteroatoms. The molecule has 1 heterocycles. The first-order valence-electron chi connectivity index (χ1n) is 3.45. The lowest BCUT2D eigenvalue weighted by Gasteiger charge is -1.93. The van der Waals surface area contributed by atoms with E-state index >= 15 is 0 Å². The van der Waals surface area contributed by atoms with Crippen molar-refractivity contribution in [1.82, 2.24) is 4.98 Å². The summed E-state index contributed by atoms with van der Waals surface area (Å²) < 4.78 is 4.77. The van der Waals surface area contributed by atoms with Crippen LogP contribution in [0.1, 0.15) is 11.3 Å². The standard InChI is InChI=1S/C9H11NO/c1-8-3-5-10-9(7-8)4-6-11-2/h3-7H,1-2H3/b6-4+. The largest absolute Gasteiger partial charge is 0.504 e. The summed E-state index contributed by atoms with van der Waals surface area (Å²) in [4.78, 5) is 4.11. The molecule has 0 spiro atoms. The predicted molar refractivity (Wildman–Crippen MR) is 45.0 cm³/mol. The minimum absolute atomic E-state index is 0.923. The van der Waals surface area contributed by atoms with Gasteiger partial charge in [-0.2, -0.15) is 0 Å². The van der Waals surface area contributed by atoms with Gasteiger partial charge in [0, 0.05) is 6.20 Å². The van der Waals surface area contributed by atoms with Gasteiger partial charge >= 0.3 is 0 Å². The maximum atomic E-state index is 4.77. The Kier molecular flexibility index (Phi) is 2.66. The van der Waals surface area contributed by atoms with E-state index in [4.69, 9.17) is 4.74 Å². The number of ether oxygens (including phenoxy) is 1. The molecular weight excluding hydrogens is 138 g/mol. The zero-order chi connectivity index (χ0) is 8.10. The first-order chi connectivity index (χ1) is 5.33. The Hall–Kier alpha value is -1.31. The van der Waals surface area contributed by atoms with Gasteiger partial charge < -0.3 is 4.74 Å². The molecule has 2 nitrogen and oxygen atoms in total. The molecule has 58 valence electrons. The van der Waals surface area contributed by atoms with E-state index in [0.29, 0.717) is 0 Å². The molecule has 0 aromatic carbocycles. The van der Waals surface area contributed by atoms with Crippen molar-refractivity contribution in [2.24, 2.45) is 0 Å². The maximum Gasteiger partial charge on any atom is 0.0846 e. The van der Waals surface area contributed by atoms with E-state index in [1.165, 1.54) is 5.56 Å². The second-order valence-corrected chi connectivity index (χ2v) is 2.30. The van der Waals surface area contributed by atoms with Gasteiger partial charge in [-0.3, -0.25) is 4.98 Å². The molecule has 0 saturated heterocycles. The van der Waals surface area contributed by atoms with Gasteiger partial charge in [-0.05, 0) is 30.7 Å². The monoisotopic (exact) mass is 149 g/mol. The highest BCUT2D eigenvalue weighted by molar-refractivity contribution is 5.43.